The zero-order valence-corrected chi connectivity index (χ0v) is 11.2. The van der Waals surface area contributed by atoms with Crippen LogP contribution in [0.15, 0.2) is 24.3 Å². The topological polar surface area (TPSA) is 55.1 Å². The fourth-order valence-corrected chi connectivity index (χ4v) is 1.79. The maximum absolute atomic E-state index is 11.8. The lowest BCUT2D eigenvalue weighted by atomic mass is 10.0. The summed E-state index contributed by atoms with van der Waals surface area (Å²) in [7, 11) is 0. The summed E-state index contributed by atoms with van der Waals surface area (Å²) in [5, 5.41) is 3.58. The Bertz CT molecular complexity index is 393. The first-order valence-electron chi connectivity index (χ1n) is 5.74. The average molecular weight is 255 g/mol. The second-order valence-corrected chi connectivity index (χ2v) is 4.81. The molecule has 17 heavy (non-hydrogen) atoms. The molecule has 3 N–H and O–H groups in total. The van der Waals surface area contributed by atoms with Crippen molar-refractivity contribution in [3.8, 4) is 0 Å². The Kier molecular flexibility index (Phi) is 4.97. The third-order valence-electron chi connectivity index (χ3n) is 2.93. The molecule has 0 saturated carbocycles. The van der Waals surface area contributed by atoms with E-state index in [0.717, 1.165) is 5.56 Å². The fourth-order valence-electron chi connectivity index (χ4n) is 1.49. The van der Waals surface area contributed by atoms with Crippen molar-refractivity contribution in [3.05, 3.63) is 34.9 Å². The monoisotopic (exact) mass is 254 g/mol. The van der Waals surface area contributed by atoms with Gasteiger partial charge in [0, 0.05) is 17.0 Å². The van der Waals surface area contributed by atoms with E-state index in [2.05, 4.69) is 5.32 Å². The molecule has 94 valence electrons. The van der Waals surface area contributed by atoms with Gasteiger partial charge in [-0.25, -0.2) is 0 Å². The number of amides is 1. The number of carbonyl (C=O) groups is 1. The van der Waals surface area contributed by atoms with E-state index in [0.29, 0.717) is 5.02 Å². The van der Waals surface area contributed by atoms with Gasteiger partial charge < -0.3 is 11.1 Å². The highest BCUT2D eigenvalue weighted by atomic mass is 35.5. The largest absolute Gasteiger partial charge is 0.349 e. The zero-order chi connectivity index (χ0) is 13.0. The third kappa shape index (κ3) is 3.72. The van der Waals surface area contributed by atoms with E-state index in [-0.39, 0.29) is 23.9 Å². The molecule has 0 heterocycles. The van der Waals surface area contributed by atoms with E-state index >= 15 is 0 Å². The Morgan fingerprint density at radius 1 is 1.29 bits per heavy atom. The predicted molar refractivity (Wildman–Crippen MR) is 70.8 cm³/mol. The molecule has 1 amide bonds. The van der Waals surface area contributed by atoms with Crippen LogP contribution in [0, 0.1) is 5.92 Å². The maximum Gasteiger partial charge on any atom is 0.224 e. The van der Waals surface area contributed by atoms with Crippen molar-refractivity contribution in [2.45, 2.75) is 32.9 Å². The van der Waals surface area contributed by atoms with Crippen LogP contribution in [0.4, 0.5) is 0 Å². The minimum Gasteiger partial charge on any atom is -0.349 e. The first-order valence-corrected chi connectivity index (χ1v) is 6.11. The van der Waals surface area contributed by atoms with Crippen molar-refractivity contribution >= 4 is 17.5 Å². The Morgan fingerprint density at radius 3 is 2.41 bits per heavy atom. The van der Waals surface area contributed by atoms with Crippen LogP contribution in [0.3, 0.4) is 0 Å². The van der Waals surface area contributed by atoms with Crippen LogP contribution in [0.2, 0.25) is 5.02 Å². The second kappa shape index (κ2) is 6.03. The third-order valence-corrected chi connectivity index (χ3v) is 3.28. The van der Waals surface area contributed by atoms with Gasteiger partial charge in [0.25, 0.3) is 0 Å². The van der Waals surface area contributed by atoms with Crippen LogP contribution < -0.4 is 11.1 Å². The quantitative estimate of drug-likeness (QED) is 0.868. The summed E-state index contributed by atoms with van der Waals surface area (Å²) in [6, 6.07) is 7.22. The molecule has 0 aliphatic carbocycles. The van der Waals surface area contributed by atoms with Crippen LogP contribution in [-0.2, 0) is 4.79 Å². The minimum absolute atomic E-state index is 0.0487. The Hall–Kier alpha value is -1.06. The van der Waals surface area contributed by atoms with Crippen LogP contribution >= 0.6 is 11.6 Å². The summed E-state index contributed by atoms with van der Waals surface area (Å²) in [4.78, 5) is 11.8. The summed E-state index contributed by atoms with van der Waals surface area (Å²) in [5.74, 6) is -0.257. The summed E-state index contributed by atoms with van der Waals surface area (Å²) in [5.41, 5.74) is 6.61. The van der Waals surface area contributed by atoms with Crippen molar-refractivity contribution < 1.29 is 4.79 Å². The van der Waals surface area contributed by atoms with Crippen LogP contribution in [0.25, 0.3) is 0 Å². The zero-order valence-electron chi connectivity index (χ0n) is 10.4. The van der Waals surface area contributed by atoms with E-state index in [1.165, 1.54) is 0 Å². The molecule has 0 aromatic heterocycles. The van der Waals surface area contributed by atoms with E-state index in [4.69, 9.17) is 17.3 Å². The van der Waals surface area contributed by atoms with E-state index in [1.54, 1.807) is 0 Å². The highest BCUT2D eigenvalue weighted by Crippen LogP contribution is 2.22. The molecule has 3 atom stereocenters. The SMILES string of the molecule is CC(N)C(C)C(=O)N[C@H](C)c1ccccc1Cl. The van der Waals surface area contributed by atoms with Crippen molar-refractivity contribution in [1.82, 2.24) is 5.32 Å². The highest BCUT2D eigenvalue weighted by Gasteiger charge is 2.19. The van der Waals surface area contributed by atoms with Gasteiger partial charge in [0.15, 0.2) is 0 Å². The minimum atomic E-state index is -0.208. The number of nitrogens with one attached hydrogen (secondary N) is 1. The first-order chi connectivity index (χ1) is 7.93. The molecule has 1 aromatic carbocycles. The second-order valence-electron chi connectivity index (χ2n) is 4.40. The lowest BCUT2D eigenvalue weighted by Crippen LogP contribution is -2.39. The Labute approximate surface area is 107 Å². The summed E-state index contributed by atoms with van der Waals surface area (Å²) in [6.45, 7) is 5.55. The fraction of sp³-hybridized carbons (Fsp3) is 0.462. The van der Waals surface area contributed by atoms with Gasteiger partial charge in [-0.05, 0) is 25.5 Å². The van der Waals surface area contributed by atoms with Gasteiger partial charge in [-0.3, -0.25) is 4.79 Å². The van der Waals surface area contributed by atoms with Crippen LogP contribution in [0.5, 0.6) is 0 Å². The van der Waals surface area contributed by atoms with Gasteiger partial charge >= 0.3 is 0 Å². The van der Waals surface area contributed by atoms with Crippen LogP contribution in [-0.4, -0.2) is 11.9 Å². The number of hydrogen-bond donors (Lipinski definition) is 2. The predicted octanol–water partition coefficient (Wildman–Crippen LogP) is 2.50. The van der Waals surface area contributed by atoms with Gasteiger partial charge in [-0.15, -0.1) is 0 Å². The average Bonchev–Trinajstić information content (AvgIpc) is 2.28. The Morgan fingerprint density at radius 2 is 1.88 bits per heavy atom. The molecule has 0 bridgehead atoms. The van der Waals surface area contributed by atoms with E-state index in [9.17, 15) is 4.79 Å². The standard InChI is InChI=1S/C13H19ClN2O/c1-8(9(2)15)13(17)16-10(3)11-6-4-5-7-12(11)14/h4-10H,15H2,1-3H3,(H,16,17)/t8?,9?,10-/m1/s1. The highest BCUT2D eigenvalue weighted by molar-refractivity contribution is 6.31. The molecular weight excluding hydrogens is 236 g/mol. The van der Waals surface area contributed by atoms with Crippen molar-refractivity contribution in [2.24, 2.45) is 11.7 Å². The number of hydrogen-bond acceptors (Lipinski definition) is 2. The molecule has 3 nitrogen and oxygen atoms in total. The summed E-state index contributed by atoms with van der Waals surface area (Å²) < 4.78 is 0. The van der Waals surface area contributed by atoms with E-state index < -0.39 is 0 Å². The van der Waals surface area contributed by atoms with Gasteiger partial charge in [0.1, 0.15) is 0 Å². The molecule has 1 aromatic rings. The molecule has 0 aliphatic heterocycles. The van der Waals surface area contributed by atoms with Crippen molar-refractivity contribution in [3.63, 3.8) is 0 Å². The van der Waals surface area contributed by atoms with Gasteiger partial charge in [0.05, 0.1) is 6.04 Å². The molecule has 0 fully saturated rings. The van der Waals surface area contributed by atoms with Gasteiger partial charge in [-0.2, -0.15) is 0 Å². The smallest absolute Gasteiger partial charge is 0.224 e. The number of rotatable bonds is 4. The molecule has 2 unspecified atom stereocenters. The molecule has 0 radical (unpaired) electrons. The molecular formula is C13H19ClN2O. The lowest BCUT2D eigenvalue weighted by molar-refractivity contribution is -0.125. The normalized spacial score (nSPS) is 16.1. The van der Waals surface area contributed by atoms with Gasteiger partial charge in [-0.1, -0.05) is 36.7 Å². The first kappa shape index (κ1) is 14.0. The molecule has 1 rings (SSSR count). The summed E-state index contributed by atoms with van der Waals surface area (Å²) >= 11 is 6.07. The molecule has 0 saturated heterocycles. The van der Waals surface area contributed by atoms with Crippen LogP contribution in [0.1, 0.15) is 32.4 Å². The van der Waals surface area contributed by atoms with E-state index in [1.807, 2.05) is 45.0 Å². The Balaban J connectivity index is 2.70. The van der Waals surface area contributed by atoms with Gasteiger partial charge in [0.2, 0.25) is 5.91 Å². The van der Waals surface area contributed by atoms with Crippen molar-refractivity contribution in [1.29, 1.82) is 0 Å². The number of nitrogens with two attached hydrogens (primary N) is 1. The molecule has 0 aliphatic rings. The number of halogens is 1. The number of benzene rings is 1. The molecule has 0 spiro atoms. The molecule has 4 heteroatoms. The lowest BCUT2D eigenvalue weighted by Gasteiger charge is -2.20. The summed E-state index contributed by atoms with van der Waals surface area (Å²) in [6.07, 6.45) is 0. The maximum atomic E-state index is 11.8. The number of carbonyl (C=O) groups excluding carboxylic acids is 1. The van der Waals surface area contributed by atoms with Crippen molar-refractivity contribution in [2.75, 3.05) is 0 Å².